The van der Waals surface area contributed by atoms with Gasteiger partial charge >= 0.3 is 5.97 Å². The van der Waals surface area contributed by atoms with Gasteiger partial charge in [-0.2, -0.15) is 0 Å². The van der Waals surface area contributed by atoms with Gasteiger partial charge in [0.2, 0.25) is 0 Å². The number of carbonyl (C=O) groups is 1. The van der Waals surface area contributed by atoms with Crippen LogP contribution < -0.4 is 0 Å². The summed E-state index contributed by atoms with van der Waals surface area (Å²) >= 11 is 0. The van der Waals surface area contributed by atoms with Crippen molar-refractivity contribution in [3.8, 4) is 0 Å². The molecule has 1 fully saturated rings. The van der Waals surface area contributed by atoms with Crippen molar-refractivity contribution in [2.45, 2.75) is 31.4 Å². The fourth-order valence-electron chi connectivity index (χ4n) is 2.41. The molecule has 1 N–H and O–H groups in total. The summed E-state index contributed by atoms with van der Waals surface area (Å²) in [6, 6.07) is 0.418. The Bertz CT molecular complexity index is 266. The molecule has 0 amide bonds. The quantitative estimate of drug-likeness (QED) is 0.687. The molecule has 1 heterocycles. The van der Waals surface area contributed by atoms with Crippen molar-refractivity contribution in [3.63, 3.8) is 0 Å². The SMILES string of the molecule is COC(=O)C(C)(O)CN1CCCC1CN(C)C. The molecule has 0 saturated carbocycles. The standard InChI is InChI=1S/C12H24N2O3/c1-12(16,11(15)17-4)9-14-7-5-6-10(14)8-13(2)3/h10,16H,5-9H2,1-4H3. The van der Waals surface area contributed by atoms with Gasteiger partial charge in [0.1, 0.15) is 0 Å². The molecule has 1 saturated heterocycles. The van der Waals surface area contributed by atoms with Gasteiger partial charge in [0, 0.05) is 19.1 Å². The van der Waals surface area contributed by atoms with Crippen LogP contribution in [0.1, 0.15) is 19.8 Å². The molecular formula is C12H24N2O3. The number of hydrogen-bond acceptors (Lipinski definition) is 5. The van der Waals surface area contributed by atoms with Gasteiger partial charge < -0.3 is 14.7 Å². The van der Waals surface area contributed by atoms with Crippen molar-refractivity contribution in [2.24, 2.45) is 0 Å². The zero-order chi connectivity index (χ0) is 13.1. The molecule has 1 aliphatic heterocycles. The zero-order valence-corrected chi connectivity index (χ0v) is 11.3. The molecule has 0 aliphatic carbocycles. The topological polar surface area (TPSA) is 53.0 Å². The number of β-amino-alcohol motifs (C(OH)–C–C–N with tert-alkyl or cyclic N) is 1. The van der Waals surface area contributed by atoms with Crippen molar-refractivity contribution in [1.29, 1.82) is 0 Å². The van der Waals surface area contributed by atoms with Gasteiger partial charge in [-0.25, -0.2) is 4.79 Å². The van der Waals surface area contributed by atoms with Crippen molar-refractivity contribution < 1.29 is 14.6 Å². The Hall–Kier alpha value is -0.650. The maximum Gasteiger partial charge on any atom is 0.338 e. The van der Waals surface area contributed by atoms with Crippen molar-refractivity contribution >= 4 is 5.97 Å². The summed E-state index contributed by atoms with van der Waals surface area (Å²) < 4.78 is 4.62. The number of likely N-dealkylation sites (N-methyl/N-ethyl adjacent to an activating group) is 1. The first-order valence-electron chi connectivity index (χ1n) is 6.06. The molecule has 0 aromatic rings. The molecule has 0 aromatic carbocycles. The Kier molecular flexibility index (Phi) is 4.91. The Labute approximate surface area is 103 Å². The molecule has 100 valence electrons. The first-order chi connectivity index (χ1) is 7.86. The van der Waals surface area contributed by atoms with Gasteiger partial charge in [-0.1, -0.05) is 0 Å². The van der Waals surface area contributed by atoms with Crippen LogP contribution in [0.5, 0.6) is 0 Å². The summed E-state index contributed by atoms with van der Waals surface area (Å²) in [6.45, 7) is 3.75. The van der Waals surface area contributed by atoms with E-state index in [1.165, 1.54) is 14.0 Å². The molecule has 5 nitrogen and oxygen atoms in total. The Morgan fingerprint density at radius 1 is 1.59 bits per heavy atom. The van der Waals surface area contributed by atoms with E-state index in [2.05, 4.69) is 14.5 Å². The number of carbonyl (C=O) groups excluding carboxylic acids is 1. The first-order valence-corrected chi connectivity index (χ1v) is 6.06. The number of aliphatic hydroxyl groups is 1. The fraction of sp³-hybridized carbons (Fsp3) is 0.917. The lowest BCUT2D eigenvalue weighted by Gasteiger charge is -2.32. The van der Waals surface area contributed by atoms with Gasteiger partial charge in [0.15, 0.2) is 5.60 Å². The predicted molar refractivity (Wildman–Crippen MR) is 65.8 cm³/mol. The number of nitrogens with zero attached hydrogens (tertiary/aromatic N) is 2. The third-order valence-electron chi connectivity index (χ3n) is 3.21. The number of likely N-dealkylation sites (tertiary alicyclic amines) is 1. The maximum atomic E-state index is 11.4. The minimum atomic E-state index is -1.41. The van der Waals surface area contributed by atoms with Crippen LogP contribution in [0, 0.1) is 0 Å². The van der Waals surface area contributed by atoms with Gasteiger partial charge in [-0.15, -0.1) is 0 Å². The molecule has 5 heteroatoms. The van der Waals surface area contributed by atoms with Crippen LogP contribution in [0.15, 0.2) is 0 Å². The van der Waals surface area contributed by atoms with Crippen LogP contribution in [-0.2, 0) is 9.53 Å². The highest BCUT2D eigenvalue weighted by atomic mass is 16.5. The lowest BCUT2D eigenvalue weighted by Crippen LogP contribution is -2.50. The third-order valence-corrected chi connectivity index (χ3v) is 3.21. The average molecular weight is 244 g/mol. The lowest BCUT2D eigenvalue weighted by molar-refractivity contribution is -0.162. The largest absolute Gasteiger partial charge is 0.467 e. The second-order valence-corrected chi connectivity index (χ2v) is 5.29. The molecule has 0 spiro atoms. The van der Waals surface area contributed by atoms with E-state index in [0.717, 1.165) is 25.9 Å². The van der Waals surface area contributed by atoms with E-state index in [-0.39, 0.29) is 0 Å². The second-order valence-electron chi connectivity index (χ2n) is 5.29. The number of ether oxygens (including phenoxy) is 1. The minimum absolute atomic E-state index is 0.345. The van der Waals surface area contributed by atoms with Crippen LogP contribution in [0.4, 0.5) is 0 Å². The monoisotopic (exact) mass is 244 g/mol. The molecule has 2 atom stereocenters. The van der Waals surface area contributed by atoms with Crippen LogP contribution in [0.3, 0.4) is 0 Å². The van der Waals surface area contributed by atoms with Gasteiger partial charge in [-0.05, 0) is 40.4 Å². The Morgan fingerprint density at radius 2 is 2.24 bits per heavy atom. The number of rotatable bonds is 5. The van der Waals surface area contributed by atoms with Gasteiger partial charge in [0.25, 0.3) is 0 Å². The van der Waals surface area contributed by atoms with Gasteiger partial charge in [-0.3, -0.25) is 4.90 Å². The van der Waals surface area contributed by atoms with E-state index in [0.29, 0.717) is 12.6 Å². The van der Waals surface area contributed by atoms with E-state index >= 15 is 0 Å². The molecule has 1 aliphatic rings. The normalized spacial score (nSPS) is 24.9. The summed E-state index contributed by atoms with van der Waals surface area (Å²) in [6.07, 6.45) is 2.24. The summed E-state index contributed by atoms with van der Waals surface area (Å²) in [4.78, 5) is 15.8. The van der Waals surface area contributed by atoms with Crippen molar-refractivity contribution in [1.82, 2.24) is 9.80 Å². The van der Waals surface area contributed by atoms with Crippen LogP contribution in [0.25, 0.3) is 0 Å². The van der Waals surface area contributed by atoms with E-state index in [1.807, 2.05) is 14.1 Å². The lowest BCUT2D eigenvalue weighted by atomic mass is 10.1. The van der Waals surface area contributed by atoms with Crippen molar-refractivity contribution in [3.05, 3.63) is 0 Å². The highest BCUT2D eigenvalue weighted by Crippen LogP contribution is 2.21. The molecule has 1 rings (SSSR count). The summed E-state index contributed by atoms with van der Waals surface area (Å²) in [7, 11) is 5.38. The smallest absolute Gasteiger partial charge is 0.338 e. The van der Waals surface area contributed by atoms with Crippen LogP contribution in [0.2, 0.25) is 0 Å². The fourth-order valence-corrected chi connectivity index (χ4v) is 2.41. The Morgan fingerprint density at radius 3 is 2.76 bits per heavy atom. The first kappa shape index (κ1) is 14.4. The molecular weight excluding hydrogens is 220 g/mol. The van der Waals surface area contributed by atoms with E-state index in [4.69, 9.17) is 0 Å². The predicted octanol–water partition coefficient (Wildman–Crippen LogP) is -0.0636. The highest BCUT2D eigenvalue weighted by Gasteiger charge is 2.37. The van der Waals surface area contributed by atoms with Crippen molar-refractivity contribution in [2.75, 3.05) is 40.8 Å². The average Bonchev–Trinajstić information content (AvgIpc) is 2.63. The molecule has 0 radical (unpaired) electrons. The zero-order valence-electron chi connectivity index (χ0n) is 11.3. The molecule has 0 bridgehead atoms. The maximum absolute atomic E-state index is 11.4. The third kappa shape index (κ3) is 3.94. The van der Waals surface area contributed by atoms with E-state index in [9.17, 15) is 9.90 Å². The number of hydrogen-bond donors (Lipinski definition) is 1. The molecule has 2 unspecified atom stereocenters. The number of methoxy groups -OCH3 is 1. The van der Waals surface area contributed by atoms with E-state index < -0.39 is 11.6 Å². The van der Waals surface area contributed by atoms with Crippen LogP contribution in [-0.4, -0.2) is 73.4 Å². The molecule has 0 aromatic heterocycles. The number of esters is 1. The molecule has 17 heavy (non-hydrogen) atoms. The van der Waals surface area contributed by atoms with E-state index in [1.54, 1.807) is 0 Å². The second kappa shape index (κ2) is 5.80. The summed E-state index contributed by atoms with van der Waals surface area (Å²) in [5, 5.41) is 10.1. The minimum Gasteiger partial charge on any atom is -0.467 e. The van der Waals surface area contributed by atoms with Gasteiger partial charge in [0.05, 0.1) is 7.11 Å². The summed E-state index contributed by atoms with van der Waals surface area (Å²) in [5.74, 6) is -0.562. The highest BCUT2D eigenvalue weighted by molar-refractivity contribution is 5.78. The van der Waals surface area contributed by atoms with Crippen LogP contribution >= 0.6 is 0 Å². The summed E-state index contributed by atoms with van der Waals surface area (Å²) in [5.41, 5.74) is -1.41. The Balaban J connectivity index is 2.57.